The molecule has 1 heterocycles. The number of hydrogen-bond donors (Lipinski definition) is 2. The Morgan fingerprint density at radius 2 is 2.42 bits per heavy atom. The van der Waals surface area contributed by atoms with E-state index in [0.717, 1.165) is 5.82 Å². The summed E-state index contributed by atoms with van der Waals surface area (Å²) in [6.45, 7) is 1.96. The molecule has 0 aromatic carbocycles. The van der Waals surface area contributed by atoms with Crippen LogP contribution in [0.1, 0.15) is 6.92 Å². The summed E-state index contributed by atoms with van der Waals surface area (Å²) in [5.41, 5.74) is 0. The first-order valence-electron chi connectivity index (χ1n) is 3.71. The maximum atomic E-state index is 8.73. The first-order chi connectivity index (χ1) is 5.72. The highest BCUT2D eigenvalue weighted by Crippen LogP contribution is 2.09. The SMILES string of the molecule is CC(CO)Nc1ccc(Cl)cn1. The van der Waals surface area contributed by atoms with Gasteiger partial charge in [-0.3, -0.25) is 0 Å². The van der Waals surface area contributed by atoms with E-state index < -0.39 is 0 Å². The summed E-state index contributed by atoms with van der Waals surface area (Å²) >= 11 is 5.64. The van der Waals surface area contributed by atoms with Crippen LogP contribution in [0.2, 0.25) is 5.02 Å². The number of pyridine rings is 1. The normalized spacial score (nSPS) is 12.6. The van der Waals surface area contributed by atoms with E-state index in [1.54, 1.807) is 18.3 Å². The molecule has 0 fully saturated rings. The fourth-order valence-electron chi connectivity index (χ4n) is 0.759. The van der Waals surface area contributed by atoms with Crippen LogP contribution in [0.15, 0.2) is 18.3 Å². The Balaban J connectivity index is 2.58. The molecule has 1 unspecified atom stereocenters. The number of rotatable bonds is 3. The van der Waals surface area contributed by atoms with Crippen molar-refractivity contribution in [2.45, 2.75) is 13.0 Å². The molecule has 0 aliphatic carbocycles. The van der Waals surface area contributed by atoms with Gasteiger partial charge in [0.2, 0.25) is 0 Å². The first kappa shape index (κ1) is 9.29. The average Bonchev–Trinajstić information content (AvgIpc) is 2.09. The number of nitrogens with one attached hydrogen (secondary N) is 1. The number of aliphatic hydroxyl groups is 1. The minimum Gasteiger partial charge on any atom is -0.394 e. The third-order valence-corrected chi connectivity index (χ3v) is 1.62. The molecule has 0 aliphatic rings. The molecule has 1 atom stereocenters. The Bertz CT molecular complexity index is 237. The summed E-state index contributed by atoms with van der Waals surface area (Å²) in [5, 5.41) is 12.3. The highest BCUT2D eigenvalue weighted by atomic mass is 35.5. The number of aromatic nitrogens is 1. The van der Waals surface area contributed by atoms with Crippen molar-refractivity contribution in [3.05, 3.63) is 23.4 Å². The summed E-state index contributed by atoms with van der Waals surface area (Å²) < 4.78 is 0. The number of halogens is 1. The van der Waals surface area contributed by atoms with Crippen LogP contribution in [-0.4, -0.2) is 22.7 Å². The van der Waals surface area contributed by atoms with Crippen molar-refractivity contribution in [2.24, 2.45) is 0 Å². The average molecular weight is 187 g/mol. The minimum absolute atomic E-state index is 0.0127. The zero-order valence-electron chi connectivity index (χ0n) is 6.79. The second-order valence-corrected chi connectivity index (χ2v) is 3.03. The summed E-state index contributed by atoms with van der Waals surface area (Å²) in [6, 6.07) is 3.54. The van der Waals surface area contributed by atoms with E-state index in [1.165, 1.54) is 0 Å². The Kier molecular flexibility index (Phi) is 3.31. The predicted octanol–water partition coefficient (Wildman–Crippen LogP) is 1.53. The van der Waals surface area contributed by atoms with Crippen molar-refractivity contribution in [3.63, 3.8) is 0 Å². The number of anilines is 1. The molecule has 4 heteroatoms. The third kappa shape index (κ3) is 2.68. The van der Waals surface area contributed by atoms with Gasteiger partial charge in [0, 0.05) is 12.2 Å². The van der Waals surface area contributed by atoms with Gasteiger partial charge in [-0.2, -0.15) is 0 Å². The lowest BCUT2D eigenvalue weighted by Crippen LogP contribution is -2.19. The fraction of sp³-hybridized carbons (Fsp3) is 0.375. The molecule has 0 spiro atoms. The van der Waals surface area contributed by atoms with Crippen LogP contribution in [0.25, 0.3) is 0 Å². The second-order valence-electron chi connectivity index (χ2n) is 2.59. The second kappa shape index (κ2) is 4.28. The van der Waals surface area contributed by atoms with Crippen molar-refractivity contribution in [2.75, 3.05) is 11.9 Å². The Morgan fingerprint density at radius 1 is 1.67 bits per heavy atom. The van der Waals surface area contributed by atoms with E-state index in [-0.39, 0.29) is 12.6 Å². The van der Waals surface area contributed by atoms with Crippen molar-refractivity contribution in [1.82, 2.24) is 4.98 Å². The molecule has 1 aromatic rings. The fourth-order valence-corrected chi connectivity index (χ4v) is 0.871. The Morgan fingerprint density at radius 3 is 2.92 bits per heavy atom. The molecule has 2 N–H and O–H groups in total. The van der Waals surface area contributed by atoms with Gasteiger partial charge in [0.1, 0.15) is 5.82 Å². The zero-order valence-corrected chi connectivity index (χ0v) is 7.54. The molecular formula is C8H11ClN2O. The van der Waals surface area contributed by atoms with E-state index in [1.807, 2.05) is 6.92 Å². The maximum Gasteiger partial charge on any atom is 0.126 e. The van der Waals surface area contributed by atoms with Crippen LogP contribution < -0.4 is 5.32 Å². The molecule has 0 aliphatic heterocycles. The lowest BCUT2D eigenvalue weighted by molar-refractivity contribution is 0.281. The van der Waals surface area contributed by atoms with Crippen LogP contribution in [0.3, 0.4) is 0 Å². The molecule has 0 amide bonds. The minimum atomic E-state index is 0.0127. The molecule has 0 bridgehead atoms. The van der Waals surface area contributed by atoms with Crippen LogP contribution in [0.5, 0.6) is 0 Å². The van der Waals surface area contributed by atoms with Crippen LogP contribution >= 0.6 is 11.6 Å². The number of hydrogen-bond acceptors (Lipinski definition) is 3. The number of nitrogens with zero attached hydrogens (tertiary/aromatic N) is 1. The predicted molar refractivity (Wildman–Crippen MR) is 49.4 cm³/mol. The van der Waals surface area contributed by atoms with Crippen LogP contribution in [-0.2, 0) is 0 Å². The molecule has 0 saturated heterocycles. The zero-order chi connectivity index (χ0) is 8.97. The van der Waals surface area contributed by atoms with Gasteiger partial charge < -0.3 is 10.4 Å². The summed E-state index contributed by atoms with van der Waals surface area (Å²) in [6.07, 6.45) is 1.56. The van der Waals surface area contributed by atoms with Gasteiger partial charge in [0.15, 0.2) is 0 Å². The van der Waals surface area contributed by atoms with E-state index in [0.29, 0.717) is 5.02 Å². The summed E-state index contributed by atoms with van der Waals surface area (Å²) in [4.78, 5) is 4.01. The molecule has 12 heavy (non-hydrogen) atoms. The van der Waals surface area contributed by atoms with Gasteiger partial charge in [0.25, 0.3) is 0 Å². The lowest BCUT2D eigenvalue weighted by atomic mass is 10.3. The largest absolute Gasteiger partial charge is 0.394 e. The van der Waals surface area contributed by atoms with E-state index >= 15 is 0 Å². The van der Waals surface area contributed by atoms with Gasteiger partial charge in [-0.1, -0.05) is 11.6 Å². The van der Waals surface area contributed by atoms with Crippen LogP contribution in [0.4, 0.5) is 5.82 Å². The quantitative estimate of drug-likeness (QED) is 0.753. The van der Waals surface area contributed by atoms with Gasteiger partial charge in [-0.15, -0.1) is 0 Å². The molecule has 66 valence electrons. The van der Waals surface area contributed by atoms with E-state index in [2.05, 4.69) is 10.3 Å². The van der Waals surface area contributed by atoms with Gasteiger partial charge in [-0.05, 0) is 19.1 Å². The first-order valence-corrected chi connectivity index (χ1v) is 4.09. The summed E-state index contributed by atoms with van der Waals surface area (Å²) in [5.74, 6) is 0.723. The van der Waals surface area contributed by atoms with Gasteiger partial charge >= 0.3 is 0 Å². The molecule has 0 saturated carbocycles. The monoisotopic (exact) mass is 186 g/mol. The topological polar surface area (TPSA) is 45.1 Å². The Hall–Kier alpha value is -0.800. The molecular weight excluding hydrogens is 176 g/mol. The maximum absolute atomic E-state index is 8.73. The van der Waals surface area contributed by atoms with Gasteiger partial charge in [0.05, 0.1) is 11.6 Å². The lowest BCUT2D eigenvalue weighted by Gasteiger charge is -2.10. The van der Waals surface area contributed by atoms with Crippen LogP contribution in [0, 0.1) is 0 Å². The van der Waals surface area contributed by atoms with Crippen molar-refractivity contribution < 1.29 is 5.11 Å². The van der Waals surface area contributed by atoms with E-state index in [9.17, 15) is 0 Å². The summed E-state index contributed by atoms with van der Waals surface area (Å²) in [7, 11) is 0. The highest BCUT2D eigenvalue weighted by molar-refractivity contribution is 6.30. The molecule has 0 radical (unpaired) electrons. The highest BCUT2D eigenvalue weighted by Gasteiger charge is 1.99. The standard InChI is InChI=1S/C8H11ClN2O/c1-6(5-12)11-8-3-2-7(9)4-10-8/h2-4,6,12H,5H2,1H3,(H,10,11). The van der Waals surface area contributed by atoms with Crippen molar-refractivity contribution >= 4 is 17.4 Å². The Labute approximate surface area is 76.4 Å². The van der Waals surface area contributed by atoms with Gasteiger partial charge in [-0.25, -0.2) is 4.98 Å². The van der Waals surface area contributed by atoms with Crippen molar-refractivity contribution in [1.29, 1.82) is 0 Å². The van der Waals surface area contributed by atoms with Crippen molar-refractivity contribution in [3.8, 4) is 0 Å². The molecule has 1 aromatic heterocycles. The van der Waals surface area contributed by atoms with E-state index in [4.69, 9.17) is 16.7 Å². The smallest absolute Gasteiger partial charge is 0.126 e. The molecule has 1 rings (SSSR count). The third-order valence-electron chi connectivity index (χ3n) is 1.40. The number of aliphatic hydroxyl groups excluding tert-OH is 1. The molecule has 3 nitrogen and oxygen atoms in total.